The molecule has 0 amide bonds. The van der Waals surface area contributed by atoms with Crippen LogP contribution in [0.15, 0.2) is 48.6 Å². The summed E-state index contributed by atoms with van der Waals surface area (Å²) in [5, 5.41) is 11.3. The SMILES string of the molecule is CCCCC/C=C\C/C=C\CCCCCCCC(=O)OCCCCCC(O)C(CCCCOC(=O)CCCCCCC/C=C\C/C=C\CCCCC)CN1CCN(C)CC1. The summed E-state index contributed by atoms with van der Waals surface area (Å²) < 4.78 is 11.1. The molecular weight excluding hydrogens is 745 g/mol. The van der Waals surface area contributed by atoms with Crippen molar-refractivity contribution >= 4 is 11.9 Å². The first-order valence-electron chi connectivity index (χ1n) is 25.5. The van der Waals surface area contributed by atoms with Crippen molar-refractivity contribution in [3.8, 4) is 0 Å². The third-order valence-electron chi connectivity index (χ3n) is 11.9. The van der Waals surface area contributed by atoms with Crippen LogP contribution in [0.4, 0.5) is 0 Å². The summed E-state index contributed by atoms with van der Waals surface area (Å²) in [6.07, 6.45) is 51.3. The fourth-order valence-corrected chi connectivity index (χ4v) is 7.82. The van der Waals surface area contributed by atoms with Gasteiger partial charge < -0.3 is 24.4 Å². The van der Waals surface area contributed by atoms with E-state index in [2.05, 4.69) is 79.3 Å². The summed E-state index contributed by atoms with van der Waals surface area (Å²) in [4.78, 5) is 29.4. The summed E-state index contributed by atoms with van der Waals surface area (Å²) in [7, 11) is 2.18. The van der Waals surface area contributed by atoms with Gasteiger partial charge in [-0.15, -0.1) is 0 Å². The molecule has 2 unspecified atom stereocenters. The zero-order valence-electron chi connectivity index (χ0n) is 39.6. The van der Waals surface area contributed by atoms with Crippen molar-refractivity contribution < 1.29 is 24.2 Å². The molecule has 0 radical (unpaired) electrons. The van der Waals surface area contributed by atoms with E-state index >= 15 is 0 Å². The number of rotatable bonds is 42. The summed E-state index contributed by atoms with van der Waals surface area (Å²) in [5.74, 6) is 0.0837. The van der Waals surface area contributed by atoms with Crippen LogP contribution in [-0.2, 0) is 19.1 Å². The Labute approximate surface area is 371 Å². The quantitative estimate of drug-likeness (QED) is 0.0372. The maximum Gasteiger partial charge on any atom is 0.305 e. The molecule has 1 fully saturated rings. The molecule has 1 aliphatic rings. The van der Waals surface area contributed by atoms with Crippen LogP contribution in [0.2, 0.25) is 0 Å². The minimum Gasteiger partial charge on any atom is -0.466 e. The van der Waals surface area contributed by atoms with Gasteiger partial charge in [0.25, 0.3) is 0 Å². The first-order valence-corrected chi connectivity index (χ1v) is 25.5. The van der Waals surface area contributed by atoms with Crippen LogP contribution in [-0.4, -0.2) is 85.9 Å². The standard InChI is InChI=1S/C53H96N2O5/c1-4-6-8-10-12-14-16-18-20-22-24-26-28-30-34-41-52(57)59-47-37-32-33-40-51(56)50(49-55-45-43-54(3)44-46-55)39-36-38-48-60-53(58)42-35-31-29-27-25-23-21-19-17-15-13-11-9-7-5-2/h12-15,18-21,50-51,56H,4-11,16-17,22-49H2,1-3H3/b14-12-,15-13-,20-18-,21-19-. The van der Waals surface area contributed by atoms with E-state index in [9.17, 15) is 14.7 Å². The number of carbonyl (C=O) groups excluding carboxylic acids is 2. The molecule has 1 N–H and O–H groups in total. The Hall–Kier alpha value is -2.22. The molecule has 348 valence electrons. The number of hydrogen-bond donors (Lipinski definition) is 1. The van der Waals surface area contributed by atoms with Crippen molar-refractivity contribution in [1.82, 2.24) is 9.80 Å². The van der Waals surface area contributed by atoms with Gasteiger partial charge in [0.1, 0.15) is 0 Å². The van der Waals surface area contributed by atoms with Gasteiger partial charge in [0.05, 0.1) is 19.3 Å². The molecule has 1 rings (SSSR count). The lowest BCUT2D eigenvalue weighted by molar-refractivity contribution is -0.144. The topological polar surface area (TPSA) is 79.3 Å². The lowest BCUT2D eigenvalue weighted by Crippen LogP contribution is -2.47. The second kappa shape index (κ2) is 43.4. The summed E-state index contributed by atoms with van der Waals surface area (Å²) in [6, 6.07) is 0. The molecule has 0 aromatic rings. The third kappa shape index (κ3) is 37.5. The number of piperazine rings is 1. The molecule has 0 spiro atoms. The van der Waals surface area contributed by atoms with Crippen molar-refractivity contribution in [2.24, 2.45) is 5.92 Å². The number of nitrogens with zero attached hydrogens (tertiary/aromatic N) is 2. The van der Waals surface area contributed by atoms with Gasteiger partial charge in [0, 0.05) is 45.6 Å². The Balaban J connectivity index is 2.12. The Kier molecular flexibility index (Phi) is 40.4. The number of aliphatic hydroxyl groups excluding tert-OH is 1. The van der Waals surface area contributed by atoms with Gasteiger partial charge in [-0.05, 0) is 129 Å². The second-order valence-electron chi connectivity index (χ2n) is 17.7. The van der Waals surface area contributed by atoms with Gasteiger partial charge in [0.2, 0.25) is 0 Å². The Morgan fingerprint density at radius 1 is 0.500 bits per heavy atom. The van der Waals surface area contributed by atoms with Gasteiger partial charge in [0.15, 0.2) is 0 Å². The van der Waals surface area contributed by atoms with Crippen LogP contribution < -0.4 is 0 Å². The van der Waals surface area contributed by atoms with E-state index in [0.29, 0.717) is 26.1 Å². The van der Waals surface area contributed by atoms with E-state index in [1.54, 1.807) is 0 Å². The zero-order chi connectivity index (χ0) is 43.4. The zero-order valence-corrected chi connectivity index (χ0v) is 39.6. The van der Waals surface area contributed by atoms with Crippen LogP contribution in [0.5, 0.6) is 0 Å². The lowest BCUT2D eigenvalue weighted by Gasteiger charge is -2.36. The Bertz CT molecular complexity index is 1080. The maximum absolute atomic E-state index is 12.3. The van der Waals surface area contributed by atoms with E-state index in [0.717, 1.165) is 129 Å². The van der Waals surface area contributed by atoms with Crippen molar-refractivity contribution in [1.29, 1.82) is 0 Å². The highest BCUT2D eigenvalue weighted by molar-refractivity contribution is 5.69. The monoisotopic (exact) mass is 841 g/mol. The summed E-state index contributed by atoms with van der Waals surface area (Å²) in [5.41, 5.74) is 0. The number of hydrogen-bond acceptors (Lipinski definition) is 7. The summed E-state index contributed by atoms with van der Waals surface area (Å²) in [6.45, 7) is 10.6. The molecule has 7 nitrogen and oxygen atoms in total. The first-order chi connectivity index (χ1) is 29.5. The molecule has 7 heteroatoms. The van der Waals surface area contributed by atoms with Gasteiger partial charge in [-0.25, -0.2) is 0 Å². The Morgan fingerprint density at radius 2 is 0.900 bits per heavy atom. The van der Waals surface area contributed by atoms with Gasteiger partial charge in [-0.3, -0.25) is 9.59 Å². The van der Waals surface area contributed by atoms with Crippen LogP contribution in [0, 0.1) is 5.92 Å². The number of allylic oxidation sites excluding steroid dienone is 8. The van der Waals surface area contributed by atoms with Crippen molar-refractivity contribution in [2.75, 3.05) is 53.0 Å². The number of carbonyl (C=O) groups is 2. The number of ether oxygens (including phenoxy) is 2. The molecule has 0 saturated carbocycles. The van der Waals surface area contributed by atoms with Crippen molar-refractivity contribution in [3.63, 3.8) is 0 Å². The largest absolute Gasteiger partial charge is 0.466 e. The van der Waals surface area contributed by atoms with E-state index in [1.807, 2.05) is 0 Å². The van der Waals surface area contributed by atoms with Crippen LogP contribution in [0.3, 0.4) is 0 Å². The van der Waals surface area contributed by atoms with Crippen LogP contribution in [0.1, 0.15) is 213 Å². The van der Waals surface area contributed by atoms with E-state index in [1.165, 1.54) is 89.9 Å². The number of esters is 2. The number of aliphatic hydroxyl groups is 1. The van der Waals surface area contributed by atoms with Crippen molar-refractivity contribution in [2.45, 2.75) is 219 Å². The van der Waals surface area contributed by atoms with Crippen LogP contribution in [0.25, 0.3) is 0 Å². The van der Waals surface area contributed by atoms with Crippen LogP contribution >= 0.6 is 0 Å². The fourth-order valence-electron chi connectivity index (χ4n) is 7.82. The number of likely N-dealkylation sites (N-methyl/N-ethyl adjacent to an activating group) is 1. The van der Waals surface area contributed by atoms with Crippen molar-refractivity contribution in [3.05, 3.63) is 48.6 Å². The molecule has 1 aliphatic heterocycles. The molecule has 0 aromatic carbocycles. The maximum atomic E-state index is 12.3. The molecule has 2 atom stereocenters. The number of unbranched alkanes of at least 4 members (excludes halogenated alkanes) is 19. The minimum absolute atomic E-state index is 0.0677. The fraction of sp³-hybridized carbons (Fsp3) is 0.811. The highest BCUT2D eigenvalue weighted by atomic mass is 16.5. The Morgan fingerprint density at radius 3 is 1.38 bits per heavy atom. The average Bonchev–Trinajstić information content (AvgIpc) is 3.24. The first kappa shape index (κ1) is 55.8. The van der Waals surface area contributed by atoms with E-state index in [-0.39, 0.29) is 24.0 Å². The highest BCUT2D eigenvalue weighted by Gasteiger charge is 2.24. The van der Waals surface area contributed by atoms with Gasteiger partial charge in [-0.1, -0.05) is 133 Å². The predicted molar refractivity (Wildman–Crippen MR) is 256 cm³/mol. The predicted octanol–water partition coefficient (Wildman–Crippen LogP) is 13.7. The second-order valence-corrected chi connectivity index (χ2v) is 17.7. The molecule has 0 bridgehead atoms. The third-order valence-corrected chi connectivity index (χ3v) is 11.9. The molecular formula is C53H96N2O5. The molecule has 60 heavy (non-hydrogen) atoms. The average molecular weight is 841 g/mol. The molecule has 1 saturated heterocycles. The highest BCUT2D eigenvalue weighted by Crippen LogP contribution is 2.21. The van der Waals surface area contributed by atoms with E-state index < -0.39 is 0 Å². The smallest absolute Gasteiger partial charge is 0.305 e. The molecule has 0 aromatic heterocycles. The van der Waals surface area contributed by atoms with Gasteiger partial charge >= 0.3 is 11.9 Å². The molecule has 1 heterocycles. The van der Waals surface area contributed by atoms with E-state index in [4.69, 9.17) is 9.47 Å². The normalized spacial score (nSPS) is 15.3. The summed E-state index contributed by atoms with van der Waals surface area (Å²) >= 11 is 0. The minimum atomic E-state index is -0.341. The van der Waals surface area contributed by atoms with Gasteiger partial charge in [-0.2, -0.15) is 0 Å². The molecule has 0 aliphatic carbocycles. The lowest BCUT2D eigenvalue weighted by atomic mass is 9.91.